The maximum absolute atomic E-state index is 12.5. The van der Waals surface area contributed by atoms with E-state index < -0.39 is 29.5 Å². The largest absolute Gasteiger partial charge is 0.433 e. The summed E-state index contributed by atoms with van der Waals surface area (Å²) in [5, 5.41) is 0. The summed E-state index contributed by atoms with van der Waals surface area (Å²) in [5.74, 6) is -0.596. The Morgan fingerprint density at radius 3 is 2.00 bits per heavy atom. The number of rotatable bonds is 3. The fraction of sp³-hybridized carbons (Fsp3) is 0.250. The van der Waals surface area contributed by atoms with Crippen LogP contribution in [0.2, 0.25) is 0 Å². The van der Waals surface area contributed by atoms with Crippen molar-refractivity contribution in [2.24, 2.45) is 0 Å². The standard InChI is InChI=1S/C16H12F6N2O/c1-24(9-10-2-5-12(6-3-10)15(17,18)19)14(25)11-4-7-13(23-8-11)16(20,21)22/h2-8H,9H2,1H3. The van der Waals surface area contributed by atoms with Gasteiger partial charge in [-0.2, -0.15) is 26.3 Å². The first-order chi connectivity index (χ1) is 11.5. The maximum Gasteiger partial charge on any atom is 0.433 e. The van der Waals surface area contributed by atoms with Crippen LogP contribution in [-0.2, 0) is 18.9 Å². The quantitative estimate of drug-likeness (QED) is 0.759. The molecule has 0 unspecified atom stereocenters. The summed E-state index contributed by atoms with van der Waals surface area (Å²) in [6.07, 6.45) is -8.24. The fourth-order valence-electron chi connectivity index (χ4n) is 2.05. The van der Waals surface area contributed by atoms with Crippen LogP contribution in [0.5, 0.6) is 0 Å². The van der Waals surface area contributed by atoms with E-state index >= 15 is 0 Å². The molecule has 25 heavy (non-hydrogen) atoms. The Bertz CT molecular complexity index is 735. The smallest absolute Gasteiger partial charge is 0.337 e. The van der Waals surface area contributed by atoms with Crippen molar-refractivity contribution >= 4 is 5.91 Å². The molecule has 134 valence electrons. The first-order valence-electron chi connectivity index (χ1n) is 6.93. The molecule has 0 aliphatic carbocycles. The second-order valence-corrected chi connectivity index (χ2v) is 5.29. The molecule has 3 nitrogen and oxygen atoms in total. The molecule has 0 bridgehead atoms. The van der Waals surface area contributed by atoms with Crippen molar-refractivity contribution in [2.75, 3.05) is 7.05 Å². The van der Waals surface area contributed by atoms with Crippen molar-refractivity contribution in [1.29, 1.82) is 0 Å². The molecule has 2 rings (SSSR count). The van der Waals surface area contributed by atoms with E-state index in [9.17, 15) is 31.1 Å². The van der Waals surface area contributed by atoms with E-state index in [1.165, 1.54) is 24.1 Å². The number of alkyl halides is 6. The number of amides is 1. The predicted molar refractivity (Wildman–Crippen MR) is 76.5 cm³/mol. The molecule has 1 heterocycles. The number of hydrogen-bond acceptors (Lipinski definition) is 2. The highest BCUT2D eigenvalue weighted by Gasteiger charge is 2.32. The molecule has 2 aromatic rings. The van der Waals surface area contributed by atoms with Crippen molar-refractivity contribution < 1.29 is 31.1 Å². The minimum absolute atomic E-state index is 0.00199. The van der Waals surface area contributed by atoms with Gasteiger partial charge in [-0.25, -0.2) is 0 Å². The van der Waals surface area contributed by atoms with Crippen molar-refractivity contribution in [3.63, 3.8) is 0 Å². The highest BCUT2D eigenvalue weighted by Crippen LogP contribution is 2.29. The molecule has 0 atom stereocenters. The average molecular weight is 362 g/mol. The van der Waals surface area contributed by atoms with Gasteiger partial charge in [0.15, 0.2) is 0 Å². The van der Waals surface area contributed by atoms with Crippen molar-refractivity contribution in [1.82, 2.24) is 9.88 Å². The van der Waals surface area contributed by atoms with Gasteiger partial charge in [0.1, 0.15) is 5.69 Å². The van der Waals surface area contributed by atoms with Crippen LogP contribution in [0, 0.1) is 0 Å². The zero-order valence-corrected chi connectivity index (χ0v) is 12.8. The van der Waals surface area contributed by atoms with E-state index in [1.54, 1.807) is 0 Å². The molecule has 1 aromatic heterocycles. The Kier molecular flexibility index (Phi) is 5.05. The number of halogens is 6. The topological polar surface area (TPSA) is 33.2 Å². The van der Waals surface area contributed by atoms with Gasteiger partial charge in [-0.15, -0.1) is 0 Å². The molecule has 0 spiro atoms. The third-order valence-corrected chi connectivity index (χ3v) is 3.35. The maximum atomic E-state index is 12.5. The SMILES string of the molecule is CN(Cc1ccc(C(F)(F)F)cc1)C(=O)c1ccc(C(F)(F)F)nc1. The van der Waals surface area contributed by atoms with Crippen LogP contribution in [0.15, 0.2) is 42.6 Å². The van der Waals surface area contributed by atoms with Crippen LogP contribution in [0.25, 0.3) is 0 Å². The highest BCUT2D eigenvalue weighted by atomic mass is 19.4. The molecule has 0 saturated carbocycles. The molecule has 0 saturated heterocycles. The number of benzene rings is 1. The van der Waals surface area contributed by atoms with Gasteiger partial charge in [0.2, 0.25) is 0 Å². The molecule has 0 aliphatic rings. The highest BCUT2D eigenvalue weighted by molar-refractivity contribution is 5.93. The second-order valence-electron chi connectivity index (χ2n) is 5.29. The molecule has 0 N–H and O–H groups in total. The average Bonchev–Trinajstić information content (AvgIpc) is 2.53. The van der Waals surface area contributed by atoms with Crippen molar-refractivity contribution in [3.8, 4) is 0 Å². The summed E-state index contributed by atoms with van der Waals surface area (Å²) in [6, 6.07) is 5.95. The van der Waals surface area contributed by atoms with Gasteiger partial charge in [-0.1, -0.05) is 12.1 Å². The Labute approximate surface area is 138 Å². The van der Waals surface area contributed by atoms with Crippen LogP contribution >= 0.6 is 0 Å². The first kappa shape index (κ1) is 18.8. The lowest BCUT2D eigenvalue weighted by Gasteiger charge is -2.18. The number of carbonyl (C=O) groups is 1. The molecule has 1 amide bonds. The third-order valence-electron chi connectivity index (χ3n) is 3.35. The molecule has 0 aliphatic heterocycles. The Morgan fingerprint density at radius 2 is 1.56 bits per heavy atom. The van der Waals surface area contributed by atoms with Gasteiger partial charge in [0.05, 0.1) is 11.1 Å². The summed E-state index contributed by atoms with van der Waals surface area (Å²) in [7, 11) is 1.39. The fourth-order valence-corrected chi connectivity index (χ4v) is 2.05. The summed E-state index contributed by atoms with van der Waals surface area (Å²) in [6.45, 7) is -0.00199. The lowest BCUT2D eigenvalue weighted by molar-refractivity contribution is -0.141. The number of pyridine rings is 1. The van der Waals surface area contributed by atoms with E-state index in [4.69, 9.17) is 0 Å². The van der Waals surface area contributed by atoms with Crippen LogP contribution < -0.4 is 0 Å². The van der Waals surface area contributed by atoms with Crippen LogP contribution in [0.4, 0.5) is 26.3 Å². The summed E-state index contributed by atoms with van der Waals surface area (Å²) >= 11 is 0. The normalized spacial score (nSPS) is 12.1. The molecule has 0 radical (unpaired) electrons. The van der Waals surface area contributed by atoms with E-state index in [0.717, 1.165) is 24.4 Å². The minimum atomic E-state index is -4.60. The van der Waals surface area contributed by atoms with Crippen molar-refractivity contribution in [2.45, 2.75) is 18.9 Å². The zero-order chi connectivity index (χ0) is 18.8. The molecular weight excluding hydrogens is 350 g/mol. The molecule has 0 fully saturated rings. The van der Waals surface area contributed by atoms with Gasteiger partial charge >= 0.3 is 12.4 Å². The lowest BCUT2D eigenvalue weighted by atomic mass is 10.1. The Morgan fingerprint density at radius 1 is 0.960 bits per heavy atom. The Balaban J connectivity index is 2.07. The van der Waals surface area contributed by atoms with Crippen LogP contribution in [-0.4, -0.2) is 22.8 Å². The summed E-state index contributed by atoms with van der Waals surface area (Å²) in [5.41, 5.74) is -1.53. The van der Waals surface area contributed by atoms with E-state index in [-0.39, 0.29) is 12.1 Å². The van der Waals surface area contributed by atoms with Gasteiger partial charge in [0, 0.05) is 19.8 Å². The van der Waals surface area contributed by atoms with E-state index in [1.807, 2.05) is 0 Å². The lowest BCUT2D eigenvalue weighted by Crippen LogP contribution is -2.26. The van der Waals surface area contributed by atoms with Crippen LogP contribution in [0.3, 0.4) is 0 Å². The second kappa shape index (κ2) is 6.73. The number of aromatic nitrogens is 1. The van der Waals surface area contributed by atoms with Gasteiger partial charge in [-0.3, -0.25) is 9.78 Å². The minimum Gasteiger partial charge on any atom is -0.337 e. The van der Waals surface area contributed by atoms with E-state index in [2.05, 4.69) is 4.98 Å². The molecular formula is C16H12F6N2O. The number of hydrogen-bond donors (Lipinski definition) is 0. The summed E-state index contributed by atoms with van der Waals surface area (Å²) < 4.78 is 74.8. The zero-order valence-electron chi connectivity index (χ0n) is 12.8. The number of carbonyl (C=O) groups excluding carboxylic acids is 1. The number of nitrogens with zero attached hydrogens (tertiary/aromatic N) is 2. The predicted octanol–water partition coefficient (Wildman–Crippen LogP) is 4.39. The monoisotopic (exact) mass is 362 g/mol. The first-order valence-corrected chi connectivity index (χ1v) is 6.93. The van der Waals surface area contributed by atoms with E-state index in [0.29, 0.717) is 11.6 Å². The van der Waals surface area contributed by atoms with Crippen molar-refractivity contribution in [3.05, 3.63) is 65.0 Å². The Hall–Kier alpha value is -2.58. The van der Waals surface area contributed by atoms with Crippen LogP contribution in [0.1, 0.15) is 27.2 Å². The van der Waals surface area contributed by atoms with Gasteiger partial charge < -0.3 is 4.90 Å². The van der Waals surface area contributed by atoms with Gasteiger partial charge in [-0.05, 0) is 29.8 Å². The summed E-state index contributed by atoms with van der Waals surface area (Å²) in [4.78, 5) is 16.5. The molecule has 1 aromatic carbocycles. The van der Waals surface area contributed by atoms with Gasteiger partial charge in [0.25, 0.3) is 5.91 Å². The molecule has 9 heteroatoms. The third kappa shape index (κ3) is 4.71.